The molecule has 1 fully saturated rings. The molecule has 2 aromatic carbocycles. The van der Waals surface area contributed by atoms with Crippen LogP contribution in [0.15, 0.2) is 24.3 Å². The van der Waals surface area contributed by atoms with Crippen LogP contribution < -0.4 is 5.73 Å². The molecule has 2 aromatic rings. The predicted octanol–water partition coefficient (Wildman–Crippen LogP) is 11.4. The zero-order chi connectivity index (χ0) is 29.5. The molecule has 8 heteroatoms. The van der Waals surface area contributed by atoms with Crippen LogP contribution in [0.1, 0.15) is 115 Å². The molecule has 0 aliphatic heterocycles. The van der Waals surface area contributed by atoms with Crippen molar-refractivity contribution in [1.82, 2.24) is 0 Å². The van der Waals surface area contributed by atoms with E-state index in [1.165, 1.54) is 37.3 Å². The molecule has 1 saturated carbocycles. The lowest BCUT2D eigenvalue weighted by Crippen LogP contribution is -2.37. The molecule has 1 aliphatic carbocycles. The third-order valence-electron chi connectivity index (χ3n) is 7.43. The first-order chi connectivity index (χ1) is 18.1. The van der Waals surface area contributed by atoms with Gasteiger partial charge in [0.15, 0.2) is 0 Å². The lowest BCUT2D eigenvalue weighted by atomic mass is 9.95. The lowest BCUT2D eigenvalue weighted by Gasteiger charge is -2.16. The van der Waals surface area contributed by atoms with E-state index in [9.17, 15) is 22.0 Å². The molecule has 1 aliphatic rings. The molecule has 0 heterocycles. The molecule has 2 N–H and O–H groups in total. The molecule has 3 rings (SSSR count). The largest absolute Gasteiger partial charge is 0.403 e. The minimum absolute atomic E-state index is 0. The Hall–Kier alpha value is -1.37. The zero-order valence-electron chi connectivity index (χ0n) is 23.6. The van der Waals surface area contributed by atoms with Crippen LogP contribution in [-0.2, 0) is 12.8 Å². The molecule has 2 atom stereocenters. The normalized spacial score (nSPS) is 15.0. The van der Waals surface area contributed by atoms with E-state index in [0.29, 0.717) is 12.0 Å². The van der Waals surface area contributed by atoms with Crippen LogP contribution in [0.5, 0.6) is 0 Å². The fraction of sp³-hybridized carbons (Fsp3) is 0.625. The Morgan fingerprint density at radius 1 is 0.775 bits per heavy atom. The Morgan fingerprint density at radius 3 is 1.52 bits per heavy atom. The van der Waals surface area contributed by atoms with Crippen molar-refractivity contribution < 1.29 is 22.0 Å². The van der Waals surface area contributed by atoms with E-state index in [2.05, 4.69) is 6.92 Å². The summed E-state index contributed by atoms with van der Waals surface area (Å²) < 4.78 is 64.4. The quantitative estimate of drug-likeness (QED) is 0.252. The summed E-state index contributed by atoms with van der Waals surface area (Å²) in [6, 6.07) is 5.09. The van der Waals surface area contributed by atoms with E-state index in [0.717, 1.165) is 29.4 Å². The average molecular weight is 611 g/mol. The van der Waals surface area contributed by atoms with E-state index in [-0.39, 0.29) is 48.0 Å². The van der Waals surface area contributed by atoms with Crippen LogP contribution >= 0.6 is 23.2 Å². The minimum Gasteiger partial charge on any atom is -0.320 e. The summed E-state index contributed by atoms with van der Waals surface area (Å²) in [6.45, 7) is 10.0. The van der Waals surface area contributed by atoms with Gasteiger partial charge in [-0.3, -0.25) is 0 Å². The smallest absolute Gasteiger partial charge is 0.320 e. The topological polar surface area (TPSA) is 26.0 Å². The Bertz CT molecular complexity index is 1060. The number of aryl methyl sites for hydroxylation is 2. The van der Waals surface area contributed by atoms with Gasteiger partial charge in [-0.15, -0.1) is 0 Å². The highest BCUT2D eigenvalue weighted by atomic mass is 35.5. The highest BCUT2D eigenvalue weighted by Crippen LogP contribution is 2.39. The van der Waals surface area contributed by atoms with Crippen LogP contribution in [-0.4, -0.2) is 12.2 Å². The van der Waals surface area contributed by atoms with Gasteiger partial charge >= 0.3 is 6.18 Å². The van der Waals surface area contributed by atoms with Gasteiger partial charge in [0.05, 0.1) is 10.0 Å². The molecule has 0 bridgehead atoms. The Balaban J connectivity index is 0.000000390. The van der Waals surface area contributed by atoms with Crippen molar-refractivity contribution in [3.63, 3.8) is 0 Å². The average Bonchev–Trinajstić information content (AvgIpc) is 3.68. The van der Waals surface area contributed by atoms with Gasteiger partial charge in [-0.05, 0) is 103 Å². The van der Waals surface area contributed by atoms with Crippen molar-refractivity contribution in [3.8, 4) is 0 Å². The number of hydrogen-bond acceptors (Lipinski definition) is 1. The summed E-state index contributed by atoms with van der Waals surface area (Å²) in [5.41, 5.74) is 8.17. The molecule has 0 amide bonds. The standard InChI is InChI=1S/C17H24ClF.C14H18ClF4N.CH4/c1-11(2)15-9-13(10-16(18)17(15)19)6-4-5-12(3)14-7-8-14;1-8(2)10-6-9(7-11(15)13(10)16)4-3-5-12(20)14(17,18)19;/h9-12,14H,4-8H2,1-3H3;6-8,12H,3-5,20H2,1-2H3;1H4/t2*12-;/m11./s1. The molecule has 0 spiro atoms. The van der Waals surface area contributed by atoms with Crippen molar-refractivity contribution in [1.29, 1.82) is 0 Å². The molecule has 0 radical (unpaired) electrons. The van der Waals surface area contributed by atoms with E-state index < -0.39 is 18.0 Å². The van der Waals surface area contributed by atoms with Crippen LogP contribution in [0.3, 0.4) is 0 Å². The second-order valence-corrected chi connectivity index (χ2v) is 12.3. The molecule has 0 unspecified atom stereocenters. The maximum Gasteiger partial charge on any atom is 0.403 e. The van der Waals surface area contributed by atoms with Crippen molar-refractivity contribution in [2.45, 2.75) is 117 Å². The predicted molar refractivity (Wildman–Crippen MR) is 160 cm³/mol. The van der Waals surface area contributed by atoms with Gasteiger partial charge in [0, 0.05) is 0 Å². The molecule has 0 saturated heterocycles. The van der Waals surface area contributed by atoms with Gasteiger partial charge in [0.1, 0.15) is 17.7 Å². The van der Waals surface area contributed by atoms with Crippen molar-refractivity contribution in [2.24, 2.45) is 17.6 Å². The molecule has 228 valence electrons. The first-order valence-corrected chi connectivity index (χ1v) is 14.6. The SMILES string of the molecule is C.CC(C)c1cc(CCC[C@@H](C)C2CC2)cc(Cl)c1F.CC(C)c1cc(CCC[C@@H](N)C(F)(F)F)cc(Cl)c1F. The van der Waals surface area contributed by atoms with Crippen LogP contribution in [0.2, 0.25) is 10.0 Å². The number of benzene rings is 2. The summed E-state index contributed by atoms with van der Waals surface area (Å²) in [6.07, 6.45) is 2.44. The molecule has 1 nitrogen and oxygen atoms in total. The summed E-state index contributed by atoms with van der Waals surface area (Å²) in [5.74, 6) is 1.26. The maximum absolute atomic E-state index is 13.9. The van der Waals surface area contributed by atoms with Crippen LogP contribution in [0, 0.1) is 23.5 Å². The highest BCUT2D eigenvalue weighted by molar-refractivity contribution is 6.31. The number of halogens is 7. The summed E-state index contributed by atoms with van der Waals surface area (Å²) >= 11 is 11.8. The number of rotatable bonds is 11. The molecule has 0 aromatic heterocycles. The summed E-state index contributed by atoms with van der Waals surface area (Å²) in [7, 11) is 0. The fourth-order valence-corrected chi connectivity index (χ4v) is 5.18. The third kappa shape index (κ3) is 11.5. The number of hydrogen-bond donors (Lipinski definition) is 1. The zero-order valence-corrected chi connectivity index (χ0v) is 25.1. The van der Waals surface area contributed by atoms with E-state index in [4.69, 9.17) is 28.9 Å². The van der Waals surface area contributed by atoms with Gasteiger partial charge in [-0.25, -0.2) is 8.78 Å². The molecule has 40 heavy (non-hydrogen) atoms. The van der Waals surface area contributed by atoms with Gasteiger partial charge < -0.3 is 5.73 Å². The van der Waals surface area contributed by atoms with Crippen molar-refractivity contribution in [3.05, 3.63) is 68.2 Å². The van der Waals surface area contributed by atoms with Crippen molar-refractivity contribution in [2.75, 3.05) is 0 Å². The highest BCUT2D eigenvalue weighted by Gasteiger charge is 2.35. The number of nitrogens with two attached hydrogens (primary N) is 1. The van der Waals surface area contributed by atoms with E-state index in [1.54, 1.807) is 12.1 Å². The van der Waals surface area contributed by atoms with E-state index in [1.807, 2.05) is 33.8 Å². The van der Waals surface area contributed by atoms with Gasteiger partial charge in [0.25, 0.3) is 0 Å². The third-order valence-corrected chi connectivity index (χ3v) is 7.98. The Kier molecular flexibility index (Phi) is 15.0. The minimum atomic E-state index is -4.37. The molecular weight excluding hydrogens is 564 g/mol. The summed E-state index contributed by atoms with van der Waals surface area (Å²) in [4.78, 5) is 0. The summed E-state index contributed by atoms with van der Waals surface area (Å²) in [5, 5.41) is 0.280. The molecular formula is C32H46Cl2F5N. The number of alkyl halides is 3. The monoisotopic (exact) mass is 609 g/mol. The first-order valence-electron chi connectivity index (χ1n) is 13.9. The first kappa shape index (κ1) is 36.7. The van der Waals surface area contributed by atoms with Gasteiger partial charge in [-0.2, -0.15) is 13.2 Å². The maximum atomic E-state index is 13.9. The second kappa shape index (κ2) is 16.3. The van der Waals surface area contributed by atoms with Crippen LogP contribution in [0.4, 0.5) is 22.0 Å². The fourth-order valence-electron chi connectivity index (χ4n) is 4.69. The Morgan fingerprint density at radius 2 is 1.18 bits per heavy atom. The van der Waals surface area contributed by atoms with Crippen molar-refractivity contribution >= 4 is 23.2 Å². The van der Waals surface area contributed by atoms with E-state index >= 15 is 0 Å². The van der Waals surface area contributed by atoms with Crippen LogP contribution in [0.25, 0.3) is 0 Å². The Labute approximate surface area is 248 Å². The van der Waals surface area contributed by atoms with Gasteiger partial charge in [0.2, 0.25) is 0 Å². The second-order valence-electron chi connectivity index (χ2n) is 11.5. The van der Waals surface area contributed by atoms with Gasteiger partial charge in [-0.1, -0.05) is 83.8 Å². The lowest BCUT2D eigenvalue weighted by molar-refractivity contribution is -0.149.